The summed E-state index contributed by atoms with van der Waals surface area (Å²) in [6, 6.07) is 9.53. The summed E-state index contributed by atoms with van der Waals surface area (Å²) in [5.41, 5.74) is -2.65. The van der Waals surface area contributed by atoms with Crippen molar-refractivity contribution < 1.29 is 61.8 Å². The second kappa shape index (κ2) is 22.6. The maximum absolute atomic E-state index is 13.6. The van der Waals surface area contributed by atoms with Crippen LogP contribution in [0.1, 0.15) is 48.5 Å². The molecule has 0 spiro atoms. The summed E-state index contributed by atoms with van der Waals surface area (Å²) in [6.07, 6.45) is -3.69. The second-order valence-corrected chi connectivity index (χ2v) is 16.4. The fourth-order valence-corrected chi connectivity index (χ4v) is 6.77. The van der Waals surface area contributed by atoms with Crippen LogP contribution in [0.4, 0.5) is 0 Å². The highest BCUT2D eigenvalue weighted by Crippen LogP contribution is 2.40. The average Bonchev–Trinajstić information content (AvgIpc) is 3.13. The molecule has 0 unspecified atom stereocenters. The van der Waals surface area contributed by atoms with Gasteiger partial charge in [0.1, 0.15) is 36.0 Å². The maximum atomic E-state index is 13.6. The normalized spacial score (nSPS) is 28.1. The second-order valence-electron chi connectivity index (χ2n) is 15.3. The Kier molecular flexibility index (Phi) is 19.0. The predicted molar refractivity (Wildman–Crippen MR) is 211 cm³/mol. The van der Waals surface area contributed by atoms with Gasteiger partial charge in [0.05, 0.1) is 50.5 Å². The van der Waals surface area contributed by atoms with Crippen LogP contribution in [0.5, 0.6) is 0 Å². The van der Waals surface area contributed by atoms with E-state index in [-0.39, 0.29) is 39.6 Å². The van der Waals surface area contributed by atoms with Crippen molar-refractivity contribution in [2.75, 3.05) is 39.6 Å². The number of carbonyl (C=O) groups is 3. The van der Waals surface area contributed by atoms with Gasteiger partial charge in [-0.15, -0.1) is 26.3 Å². The number of ether oxygens (including phenoxy) is 10. The molecule has 2 fully saturated rings. The van der Waals surface area contributed by atoms with Crippen molar-refractivity contribution in [2.24, 2.45) is 10.8 Å². The summed E-state index contributed by atoms with van der Waals surface area (Å²) in [4.78, 5) is 40.6. The fraction of sp³-hybridized carbons (Fsp3) is 0.595. The van der Waals surface area contributed by atoms with Crippen molar-refractivity contribution in [3.8, 4) is 0 Å². The standard InChI is InChI=1S/C42H60O13S/c1-12-21-46-25-29-31(50-27(5)43)33(48-23-14-3)35(54-39(44)41(6,7)8)37(51-29)53-32-30(26-47-22-13-2)52-38(56-28-19-17-16-18-20-28)36(34(32)49-24-15-4)55-40(45)42(9,10)11/h12-20,29-38H,1-4,21-26H2,5-11H3/t29-,30-,31+,32+,33+,34+,35-,36-,37+,38+/m1/s1. The molecule has 2 aliphatic rings. The molecule has 3 rings (SSSR count). The highest BCUT2D eigenvalue weighted by atomic mass is 32.2. The van der Waals surface area contributed by atoms with E-state index in [9.17, 15) is 14.4 Å². The first-order valence-corrected chi connectivity index (χ1v) is 19.5. The lowest BCUT2D eigenvalue weighted by molar-refractivity contribution is -0.347. The first-order valence-electron chi connectivity index (χ1n) is 18.6. The first-order chi connectivity index (χ1) is 26.5. The Morgan fingerprint density at radius 1 is 0.643 bits per heavy atom. The van der Waals surface area contributed by atoms with Crippen molar-refractivity contribution in [1.29, 1.82) is 0 Å². The Balaban J connectivity index is 2.23. The minimum absolute atomic E-state index is 0.00218. The van der Waals surface area contributed by atoms with Crippen molar-refractivity contribution in [1.82, 2.24) is 0 Å². The molecule has 0 saturated carbocycles. The van der Waals surface area contributed by atoms with E-state index in [0.29, 0.717) is 0 Å². The predicted octanol–water partition coefficient (Wildman–Crippen LogP) is 6.01. The van der Waals surface area contributed by atoms with Gasteiger partial charge < -0.3 is 47.4 Å². The molecule has 56 heavy (non-hydrogen) atoms. The minimum Gasteiger partial charge on any atom is -0.457 e. The minimum atomic E-state index is -1.40. The quantitative estimate of drug-likeness (QED) is 0.0620. The molecule has 0 radical (unpaired) electrons. The number of rotatable bonds is 21. The van der Waals surface area contributed by atoms with Gasteiger partial charge in [0.15, 0.2) is 24.6 Å². The van der Waals surface area contributed by atoms with Crippen LogP contribution in [-0.2, 0) is 61.8 Å². The average molecular weight is 805 g/mol. The van der Waals surface area contributed by atoms with Gasteiger partial charge in [-0.25, -0.2) is 0 Å². The van der Waals surface area contributed by atoms with Crippen molar-refractivity contribution in [2.45, 2.75) is 114 Å². The Bertz CT molecular complexity index is 1440. The Hall–Kier alpha value is -3.34. The largest absolute Gasteiger partial charge is 0.457 e. The van der Waals surface area contributed by atoms with Gasteiger partial charge in [-0.1, -0.05) is 54.3 Å². The van der Waals surface area contributed by atoms with Gasteiger partial charge in [0.2, 0.25) is 0 Å². The lowest BCUT2D eigenvalue weighted by Gasteiger charge is -2.50. The molecular weight excluding hydrogens is 745 g/mol. The molecule has 2 heterocycles. The molecular formula is C42H60O13S. The van der Waals surface area contributed by atoms with Crippen LogP contribution in [0.15, 0.2) is 85.8 Å². The molecule has 2 aliphatic heterocycles. The number of hydrogen-bond acceptors (Lipinski definition) is 14. The van der Waals surface area contributed by atoms with Crippen molar-refractivity contribution >= 4 is 29.7 Å². The number of hydrogen-bond donors (Lipinski definition) is 0. The number of esters is 3. The molecule has 0 amide bonds. The highest BCUT2D eigenvalue weighted by Gasteiger charge is 2.56. The van der Waals surface area contributed by atoms with Gasteiger partial charge in [-0.05, 0) is 53.7 Å². The van der Waals surface area contributed by atoms with Crippen LogP contribution in [0.2, 0.25) is 0 Å². The lowest BCUT2D eigenvalue weighted by Crippen LogP contribution is -2.66. The lowest BCUT2D eigenvalue weighted by atomic mass is 9.94. The molecule has 13 nitrogen and oxygen atoms in total. The van der Waals surface area contributed by atoms with Crippen LogP contribution < -0.4 is 0 Å². The van der Waals surface area contributed by atoms with Gasteiger partial charge >= 0.3 is 17.9 Å². The van der Waals surface area contributed by atoms with Gasteiger partial charge in [-0.2, -0.15) is 0 Å². The molecule has 0 bridgehead atoms. The highest BCUT2D eigenvalue weighted by molar-refractivity contribution is 7.99. The molecule has 2 saturated heterocycles. The van der Waals surface area contributed by atoms with Crippen LogP contribution in [0.25, 0.3) is 0 Å². The fourth-order valence-electron chi connectivity index (χ4n) is 5.64. The molecule has 1 aromatic carbocycles. The Morgan fingerprint density at radius 2 is 1.12 bits per heavy atom. The molecule has 0 aromatic heterocycles. The summed E-state index contributed by atoms with van der Waals surface area (Å²) < 4.78 is 62.9. The first kappa shape index (κ1) is 47.0. The number of benzene rings is 1. The van der Waals surface area contributed by atoms with E-state index in [2.05, 4.69) is 26.3 Å². The summed E-state index contributed by atoms with van der Waals surface area (Å²) in [5, 5.41) is 0. The van der Waals surface area contributed by atoms with E-state index in [1.807, 2.05) is 30.3 Å². The van der Waals surface area contributed by atoms with Crippen molar-refractivity contribution in [3.63, 3.8) is 0 Å². The SMILES string of the molecule is C=CCOC[C@H]1O[C@@H](Sc2ccccc2)[C@H](OC(=O)C(C)(C)C)[C@@H](OCC=C)[C@H]1O[C@@H]1O[C@H](COCC=C)[C@H](OC(C)=O)[C@H](OCC=C)[C@H]1OC(=O)C(C)(C)C. The van der Waals surface area contributed by atoms with E-state index in [1.54, 1.807) is 59.8 Å². The zero-order valence-electron chi connectivity index (χ0n) is 33.8. The third-order valence-corrected chi connectivity index (χ3v) is 9.49. The third-order valence-electron chi connectivity index (χ3n) is 8.33. The van der Waals surface area contributed by atoms with Gasteiger partial charge in [0.25, 0.3) is 0 Å². The zero-order valence-corrected chi connectivity index (χ0v) is 34.6. The van der Waals surface area contributed by atoms with Gasteiger partial charge in [-0.3, -0.25) is 14.4 Å². The summed E-state index contributed by atoms with van der Waals surface area (Å²) in [7, 11) is 0. The Labute approximate surface area is 336 Å². The molecule has 312 valence electrons. The van der Waals surface area contributed by atoms with E-state index in [1.165, 1.54) is 24.8 Å². The van der Waals surface area contributed by atoms with Crippen LogP contribution in [-0.4, -0.2) is 118 Å². The number of carbonyl (C=O) groups excluding carboxylic acids is 3. The van der Waals surface area contributed by atoms with E-state index in [4.69, 9.17) is 47.4 Å². The van der Waals surface area contributed by atoms with E-state index >= 15 is 0 Å². The van der Waals surface area contributed by atoms with Crippen LogP contribution >= 0.6 is 11.8 Å². The summed E-state index contributed by atoms with van der Waals surface area (Å²) >= 11 is 1.35. The summed E-state index contributed by atoms with van der Waals surface area (Å²) in [5.74, 6) is -1.72. The molecule has 14 heteroatoms. The third kappa shape index (κ3) is 13.9. The van der Waals surface area contributed by atoms with E-state index < -0.39 is 89.3 Å². The molecule has 0 N–H and O–H groups in total. The topological polar surface area (TPSA) is 144 Å². The smallest absolute Gasteiger partial charge is 0.311 e. The molecule has 10 atom stereocenters. The van der Waals surface area contributed by atoms with Gasteiger partial charge in [0, 0.05) is 11.8 Å². The van der Waals surface area contributed by atoms with Crippen molar-refractivity contribution in [3.05, 3.63) is 81.0 Å². The van der Waals surface area contributed by atoms with Crippen LogP contribution in [0.3, 0.4) is 0 Å². The summed E-state index contributed by atoms with van der Waals surface area (Å²) in [6.45, 7) is 27.0. The molecule has 0 aliphatic carbocycles. The zero-order chi connectivity index (χ0) is 41.5. The monoisotopic (exact) mass is 804 g/mol. The number of thioether (sulfide) groups is 1. The molecule has 1 aromatic rings. The van der Waals surface area contributed by atoms with Crippen LogP contribution in [0, 0.1) is 10.8 Å². The van der Waals surface area contributed by atoms with E-state index in [0.717, 1.165) is 4.90 Å². The Morgan fingerprint density at radius 3 is 1.61 bits per heavy atom. The maximum Gasteiger partial charge on any atom is 0.311 e.